The van der Waals surface area contributed by atoms with Crippen LogP contribution < -0.4 is 0 Å². The first-order valence-corrected chi connectivity index (χ1v) is 5.52. The Bertz CT molecular complexity index is 492. The summed E-state index contributed by atoms with van der Waals surface area (Å²) in [5.41, 5.74) is 0. The molecule has 5 nitrogen and oxygen atoms in total. The fourth-order valence-corrected chi connectivity index (χ4v) is 1.66. The summed E-state index contributed by atoms with van der Waals surface area (Å²) in [5, 5.41) is 8.26. The minimum absolute atomic E-state index is 0.154. The Labute approximate surface area is 104 Å². The van der Waals surface area contributed by atoms with Crippen molar-refractivity contribution in [2.45, 2.75) is 6.54 Å². The minimum atomic E-state index is -0.179. The lowest BCUT2D eigenvalue weighted by Crippen LogP contribution is -2.18. The quantitative estimate of drug-likeness (QED) is 0.784. The van der Waals surface area contributed by atoms with Gasteiger partial charge in [-0.1, -0.05) is 11.6 Å². The molecule has 0 aliphatic heterocycles. The summed E-state index contributed by atoms with van der Waals surface area (Å²) in [6.07, 6.45) is 6.36. The molecule has 0 saturated carbocycles. The molecule has 2 heterocycles. The number of carbonyl (C=O) groups is 1. The normalized spacial score (nSPS) is 10.5. The van der Waals surface area contributed by atoms with E-state index < -0.39 is 0 Å². The maximum Gasteiger partial charge on any atom is 0.268 e. The monoisotopic (exact) mass is 336 g/mol. The van der Waals surface area contributed by atoms with Crippen molar-refractivity contribution in [3.8, 4) is 0 Å². The maximum atomic E-state index is 11.6. The zero-order chi connectivity index (χ0) is 10.8. The molecule has 0 radical (unpaired) electrons. The Morgan fingerprint density at radius 1 is 1.40 bits per heavy atom. The van der Waals surface area contributed by atoms with E-state index in [0.717, 1.165) is 3.57 Å². The molecule has 0 bridgehead atoms. The maximum absolute atomic E-state index is 11.6. The van der Waals surface area contributed by atoms with Gasteiger partial charge in [0.15, 0.2) is 0 Å². The van der Waals surface area contributed by atoms with E-state index in [9.17, 15) is 4.79 Å². The summed E-state index contributed by atoms with van der Waals surface area (Å²) in [5.74, 6) is -0.179. The minimum Gasteiger partial charge on any atom is -0.270 e. The zero-order valence-corrected chi connectivity index (χ0v) is 10.4. The van der Waals surface area contributed by atoms with Gasteiger partial charge in [-0.2, -0.15) is 10.2 Å². The second kappa shape index (κ2) is 4.31. The summed E-state index contributed by atoms with van der Waals surface area (Å²) < 4.78 is 3.75. The molecular weight excluding hydrogens is 330 g/mol. The molecule has 0 fully saturated rings. The van der Waals surface area contributed by atoms with Gasteiger partial charge < -0.3 is 0 Å². The average molecular weight is 337 g/mol. The molecule has 15 heavy (non-hydrogen) atoms. The molecule has 2 aromatic rings. The second-order valence-electron chi connectivity index (χ2n) is 2.85. The average Bonchev–Trinajstić information content (AvgIpc) is 2.75. The SMILES string of the molecule is O=C(Cn1cc(I)cn1)n1cc(Cl)cn1. The smallest absolute Gasteiger partial charge is 0.268 e. The number of rotatable bonds is 2. The Balaban J connectivity index is 2.10. The molecule has 2 rings (SSSR count). The van der Waals surface area contributed by atoms with Crippen LogP contribution >= 0.6 is 34.2 Å². The van der Waals surface area contributed by atoms with Crippen molar-refractivity contribution in [2.75, 3.05) is 0 Å². The summed E-state index contributed by atoms with van der Waals surface area (Å²) in [6.45, 7) is 0.154. The predicted octanol–water partition coefficient (Wildman–Crippen LogP) is 1.68. The van der Waals surface area contributed by atoms with Crippen LogP contribution in [-0.4, -0.2) is 25.5 Å². The van der Waals surface area contributed by atoms with E-state index in [4.69, 9.17) is 11.6 Å². The van der Waals surface area contributed by atoms with Crippen LogP contribution in [-0.2, 0) is 6.54 Å². The summed E-state index contributed by atoms with van der Waals surface area (Å²) in [6, 6.07) is 0. The molecular formula is C8H6ClIN4O. The van der Waals surface area contributed by atoms with E-state index in [1.807, 2.05) is 0 Å². The van der Waals surface area contributed by atoms with Crippen LogP contribution in [0.15, 0.2) is 24.8 Å². The van der Waals surface area contributed by atoms with E-state index in [1.54, 1.807) is 17.1 Å². The van der Waals surface area contributed by atoms with Crippen LogP contribution in [0.2, 0.25) is 5.02 Å². The second-order valence-corrected chi connectivity index (χ2v) is 4.54. The Kier molecular flexibility index (Phi) is 3.06. The van der Waals surface area contributed by atoms with Crippen LogP contribution in [0.3, 0.4) is 0 Å². The van der Waals surface area contributed by atoms with E-state index in [-0.39, 0.29) is 12.5 Å². The van der Waals surface area contributed by atoms with E-state index in [2.05, 4.69) is 32.8 Å². The molecule has 2 aromatic heterocycles. The van der Waals surface area contributed by atoms with Gasteiger partial charge in [0.2, 0.25) is 0 Å². The first kappa shape index (κ1) is 10.6. The third-order valence-corrected chi connectivity index (χ3v) is 2.46. The van der Waals surface area contributed by atoms with Gasteiger partial charge in [0, 0.05) is 6.20 Å². The highest BCUT2D eigenvalue weighted by Crippen LogP contribution is 2.05. The van der Waals surface area contributed by atoms with Crippen molar-refractivity contribution >= 4 is 40.1 Å². The van der Waals surface area contributed by atoms with Gasteiger partial charge in [-0.05, 0) is 22.6 Å². The van der Waals surface area contributed by atoms with Crippen molar-refractivity contribution in [2.24, 2.45) is 0 Å². The number of nitrogens with zero attached hydrogens (tertiary/aromatic N) is 4. The topological polar surface area (TPSA) is 52.7 Å². The highest BCUT2D eigenvalue weighted by Gasteiger charge is 2.07. The summed E-state index contributed by atoms with van der Waals surface area (Å²) in [7, 11) is 0. The fourth-order valence-electron chi connectivity index (χ4n) is 1.07. The molecule has 78 valence electrons. The zero-order valence-electron chi connectivity index (χ0n) is 7.47. The Hall–Kier alpha value is -0.890. The lowest BCUT2D eigenvalue weighted by atomic mass is 10.6. The Morgan fingerprint density at radius 3 is 2.73 bits per heavy atom. The number of hydrogen-bond acceptors (Lipinski definition) is 3. The highest BCUT2D eigenvalue weighted by molar-refractivity contribution is 14.1. The first-order valence-electron chi connectivity index (χ1n) is 4.06. The molecule has 0 unspecified atom stereocenters. The van der Waals surface area contributed by atoms with E-state index >= 15 is 0 Å². The third-order valence-electron chi connectivity index (χ3n) is 1.71. The van der Waals surface area contributed by atoms with Crippen molar-refractivity contribution in [1.82, 2.24) is 19.6 Å². The lowest BCUT2D eigenvalue weighted by Gasteiger charge is -1.99. The van der Waals surface area contributed by atoms with Gasteiger partial charge in [-0.3, -0.25) is 9.48 Å². The van der Waals surface area contributed by atoms with Crippen molar-refractivity contribution in [3.05, 3.63) is 33.4 Å². The molecule has 7 heteroatoms. The number of aromatic nitrogens is 4. The molecule has 0 saturated heterocycles. The predicted molar refractivity (Wildman–Crippen MR) is 62.8 cm³/mol. The van der Waals surface area contributed by atoms with Crippen molar-refractivity contribution in [1.29, 1.82) is 0 Å². The molecule has 0 spiro atoms. The van der Waals surface area contributed by atoms with Crippen LogP contribution in [0.1, 0.15) is 4.79 Å². The van der Waals surface area contributed by atoms with Crippen LogP contribution in [0, 0.1) is 3.57 Å². The highest BCUT2D eigenvalue weighted by atomic mass is 127. The van der Waals surface area contributed by atoms with Crippen LogP contribution in [0.4, 0.5) is 0 Å². The first-order chi connectivity index (χ1) is 7.15. The molecule has 0 N–H and O–H groups in total. The van der Waals surface area contributed by atoms with Crippen LogP contribution in [0.5, 0.6) is 0 Å². The van der Waals surface area contributed by atoms with Crippen molar-refractivity contribution in [3.63, 3.8) is 0 Å². The fraction of sp³-hybridized carbons (Fsp3) is 0.125. The van der Waals surface area contributed by atoms with Gasteiger partial charge >= 0.3 is 0 Å². The number of halogens is 2. The standard InChI is InChI=1S/C8H6ClIN4O/c9-6-1-12-14(3-6)8(15)5-13-4-7(10)2-11-13/h1-4H,5H2. The van der Waals surface area contributed by atoms with Gasteiger partial charge in [-0.15, -0.1) is 0 Å². The van der Waals surface area contributed by atoms with E-state index in [0.29, 0.717) is 5.02 Å². The summed E-state index contributed by atoms with van der Waals surface area (Å²) in [4.78, 5) is 11.6. The lowest BCUT2D eigenvalue weighted by molar-refractivity contribution is 0.0870. The molecule has 0 aliphatic rings. The molecule has 0 amide bonds. The largest absolute Gasteiger partial charge is 0.270 e. The number of hydrogen-bond donors (Lipinski definition) is 0. The van der Waals surface area contributed by atoms with Gasteiger partial charge in [-0.25, -0.2) is 4.68 Å². The summed E-state index contributed by atoms with van der Waals surface area (Å²) >= 11 is 7.78. The molecule has 0 atom stereocenters. The third kappa shape index (κ3) is 2.57. The van der Waals surface area contributed by atoms with E-state index in [1.165, 1.54) is 17.1 Å². The van der Waals surface area contributed by atoms with Crippen molar-refractivity contribution < 1.29 is 4.79 Å². The number of carbonyl (C=O) groups excluding carboxylic acids is 1. The Morgan fingerprint density at radius 2 is 2.20 bits per heavy atom. The molecule has 0 aromatic carbocycles. The van der Waals surface area contributed by atoms with Crippen LogP contribution in [0.25, 0.3) is 0 Å². The van der Waals surface area contributed by atoms with Gasteiger partial charge in [0.1, 0.15) is 6.54 Å². The molecule has 0 aliphatic carbocycles. The van der Waals surface area contributed by atoms with Gasteiger partial charge in [0.25, 0.3) is 5.91 Å². The van der Waals surface area contributed by atoms with Gasteiger partial charge in [0.05, 0.1) is 27.2 Å².